The summed E-state index contributed by atoms with van der Waals surface area (Å²) in [5, 5.41) is 6.59. The largest absolute Gasteiger partial charge is 0.416 e. The molecule has 2 N–H and O–H groups in total. The SMILES string of the molecule is O=S(=O)(NCc1nc(-c2ccccc2)n[nH]1)c1cc(Br)cc(C(F)(F)F)c1. The third-order valence-corrected chi connectivity index (χ3v) is 5.34. The molecule has 6 nitrogen and oxygen atoms in total. The Kier molecular flexibility index (Phi) is 5.36. The van der Waals surface area contributed by atoms with E-state index in [0.29, 0.717) is 11.9 Å². The molecule has 11 heteroatoms. The highest BCUT2D eigenvalue weighted by Gasteiger charge is 2.32. The van der Waals surface area contributed by atoms with Crippen molar-refractivity contribution in [2.45, 2.75) is 17.6 Å². The highest BCUT2D eigenvalue weighted by Crippen LogP contribution is 2.33. The molecule has 0 bridgehead atoms. The summed E-state index contributed by atoms with van der Waals surface area (Å²) in [7, 11) is -4.19. The Balaban J connectivity index is 1.78. The van der Waals surface area contributed by atoms with E-state index in [2.05, 4.69) is 35.8 Å². The minimum Gasteiger partial charge on any atom is -0.262 e. The Hall–Kier alpha value is -2.24. The Labute approximate surface area is 161 Å². The van der Waals surface area contributed by atoms with Crippen LogP contribution in [0.4, 0.5) is 13.2 Å². The van der Waals surface area contributed by atoms with Crippen molar-refractivity contribution in [2.24, 2.45) is 0 Å². The van der Waals surface area contributed by atoms with E-state index in [1.807, 2.05) is 6.07 Å². The van der Waals surface area contributed by atoms with Gasteiger partial charge in [-0.1, -0.05) is 46.3 Å². The molecule has 1 heterocycles. The first kappa shape index (κ1) is 19.5. The van der Waals surface area contributed by atoms with E-state index >= 15 is 0 Å². The smallest absolute Gasteiger partial charge is 0.262 e. The van der Waals surface area contributed by atoms with Crippen molar-refractivity contribution in [2.75, 3.05) is 0 Å². The molecule has 2 aromatic carbocycles. The molecule has 0 unspecified atom stereocenters. The van der Waals surface area contributed by atoms with E-state index in [4.69, 9.17) is 0 Å². The lowest BCUT2D eigenvalue weighted by atomic mass is 10.2. The topological polar surface area (TPSA) is 87.7 Å². The normalized spacial score (nSPS) is 12.3. The van der Waals surface area contributed by atoms with Crippen LogP contribution >= 0.6 is 15.9 Å². The number of H-pyrrole nitrogens is 1. The molecule has 3 rings (SSSR count). The molecule has 0 atom stereocenters. The molecule has 0 radical (unpaired) electrons. The Morgan fingerprint density at radius 3 is 2.48 bits per heavy atom. The summed E-state index contributed by atoms with van der Waals surface area (Å²) < 4.78 is 65.6. The van der Waals surface area contributed by atoms with E-state index in [9.17, 15) is 21.6 Å². The Morgan fingerprint density at radius 2 is 1.81 bits per heavy atom. The summed E-state index contributed by atoms with van der Waals surface area (Å²) >= 11 is 2.90. The van der Waals surface area contributed by atoms with Gasteiger partial charge in [-0.2, -0.15) is 18.3 Å². The van der Waals surface area contributed by atoms with Crippen LogP contribution in [0.5, 0.6) is 0 Å². The van der Waals surface area contributed by atoms with Gasteiger partial charge in [0.2, 0.25) is 10.0 Å². The monoisotopic (exact) mass is 460 g/mol. The quantitative estimate of drug-likeness (QED) is 0.607. The van der Waals surface area contributed by atoms with Crippen LogP contribution in [0.1, 0.15) is 11.4 Å². The first-order valence-electron chi connectivity index (χ1n) is 7.49. The average Bonchev–Trinajstić information content (AvgIpc) is 3.09. The molecule has 0 aliphatic carbocycles. The number of nitrogens with zero attached hydrogens (tertiary/aromatic N) is 2. The molecule has 0 spiro atoms. The molecule has 0 fully saturated rings. The van der Waals surface area contributed by atoms with Crippen molar-refractivity contribution in [3.8, 4) is 11.4 Å². The molecular formula is C16H12BrF3N4O2S. The van der Waals surface area contributed by atoms with Gasteiger partial charge >= 0.3 is 6.18 Å². The lowest BCUT2D eigenvalue weighted by Crippen LogP contribution is -2.24. The van der Waals surface area contributed by atoms with E-state index in [1.165, 1.54) is 0 Å². The van der Waals surface area contributed by atoms with E-state index in [1.54, 1.807) is 24.3 Å². The lowest BCUT2D eigenvalue weighted by molar-refractivity contribution is -0.137. The summed E-state index contributed by atoms with van der Waals surface area (Å²) in [6.07, 6.45) is -4.66. The molecule has 0 amide bonds. The zero-order valence-electron chi connectivity index (χ0n) is 13.5. The maximum Gasteiger partial charge on any atom is 0.416 e. The third kappa shape index (κ3) is 4.73. The van der Waals surface area contributed by atoms with Crippen LogP contribution in [0.15, 0.2) is 57.9 Å². The zero-order chi connectivity index (χ0) is 19.7. The van der Waals surface area contributed by atoms with Gasteiger partial charge in [-0.15, -0.1) is 0 Å². The van der Waals surface area contributed by atoms with E-state index < -0.39 is 26.7 Å². The van der Waals surface area contributed by atoms with Crippen molar-refractivity contribution in [3.05, 3.63) is 64.4 Å². The Bertz CT molecular complexity index is 1050. The van der Waals surface area contributed by atoms with Gasteiger partial charge in [-0.25, -0.2) is 18.1 Å². The van der Waals surface area contributed by atoms with E-state index in [0.717, 1.165) is 17.7 Å². The molecule has 0 aliphatic rings. The fourth-order valence-electron chi connectivity index (χ4n) is 2.22. The maximum atomic E-state index is 12.9. The summed E-state index contributed by atoms with van der Waals surface area (Å²) in [6.45, 7) is -0.254. The van der Waals surface area contributed by atoms with Crippen molar-refractivity contribution in [1.29, 1.82) is 0 Å². The maximum absolute atomic E-state index is 12.9. The van der Waals surface area contributed by atoms with Gasteiger partial charge in [0.05, 0.1) is 17.0 Å². The van der Waals surface area contributed by atoms with Gasteiger partial charge in [0.15, 0.2) is 5.82 Å². The molecular weight excluding hydrogens is 449 g/mol. The first-order chi connectivity index (χ1) is 12.6. The van der Waals surface area contributed by atoms with Crippen LogP contribution in [0.25, 0.3) is 11.4 Å². The second-order valence-electron chi connectivity index (χ2n) is 5.47. The number of halogens is 4. The van der Waals surface area contributed by atoms with Gasteiger partial charge < -0.3 is 0 Å². The molecule has 0 aliphatic heterocycles. The van der Waals surface area contributed by atoms with Crippen molar-refractivity contribution in [3.63, 3.8) is 0 Å². The number of alkyl halides is 3. The van der Waals surface area contributed by atoms with Crippen LogP contribution in [-0.4, -0.2) is 23.6 Å². The predicted octanol–water partition coefficient (Wildman–Crippen LogP) is 3.73. The second-order valence-corrected chi connectivity index (χ2v) is 8.15. The van der Waals surface area contributed by atoms with Gasteiger partial charge in [0, 0.05) is 10.0 Å². The zero-order valence-corrected chi connectivity index (χ0v) is 15.9. The number of nitrogens with one attached hydrogen (secondary N) is 2. The van der Waals surface area contributed by atoms with Crippen LogP contribution in [0, 0.1) is 0 Å². The molecule has 27 heavy (non-hydrogen) atoms. The summed E-state index contributed by atoms with van der Waals surface area (Å²) in [5.41, 5.74) is -0.326. The van der Waals surface area contributed by atoms with Gasteiger partial charge in [-0.05, 0) is 18.2 Å². The van der Waals surface area contributed by atoms with Gasteiger partial charge in [0.25, 0.3) is 0 Å². The average molecular weight is 461 g/mol. The van der Waals surface area contributed by atoms with Crippen molar-refractivity contribution >= 4 is 26.0 Å². The molecule has 0 saturated heterocycles. The number of benzene rings is 2. The minimum atomic E-state index is -4.66. The summed E-state index contributed by atoms with van der Waals surface area (Å²) in [4.78, 5) is 3.66. The molecule has 1 aromatic heterocycles. The summed E-state index contributed by atoms with van der Waals surface area (Å²) in [5.74, 6) is 0.607. The highest BCUT2D eigenvalue weighted by atomic mass is 79.9. The van der Waals surface area contributed by atoms with Crippen molar-refractivity contribution < 1.29 is 21.6 Å². The van der Waals surface area contributed by atoms with Crippen LogP contribution in [0.3, 0.4) is 0 Å². The lowest BCUT2D eigenvalue weighted by Gasteiger charge is -2.11. The van der Waals surface area contributed by atoms with Crippen molar-refractivity contribution in [1.82, 2.24) is 19.9 Å². The third-order valence-electron chi connectivity index (χ3n) is 3.50. The number of hydrogen-bond donors (Lipinski definition) is 2. The van der Waals surface area contributed by atoms with Gasteiger partial charge in [-0.3, -0.25) is 5.10 Å². The number of aromatic amines is 1. The summed E-state index contributed by atoms with van der Waals surface area (Å²) in [6, 6.07) is 11.5. The second kappa shape index (κ2) is 7.41. The van der Waals surface area contributed by atoms with Gasteiger partial charge in [0.1, 0.15) is 5.82 Å². The van der Waals surface area contributed by atoms with Crippen LogP contribution in [0.2, 0.25) is 0 Å². The molecule has 142 valence electrons. The molecule has 0 saturated carbocycles. The highest BCUT2D eigenvalue weighted by molar-refractivity contribution is 9.10. The van der Waals surface area contributed by atoms with Crippen LogP contribution in [-0.2, 0) is 22.7 Å². The predicted molar refractivity (Wildman–Crippen MR) is 95.0 cm³/mol. The first-order valence-corrected chi connectivity index (χ1v) is 9.77. The Morgan fingerprint density at radius 1 is 1.11 bits per heavy atom. The van der Waals surface area contributed by atoms with Crippen LogP contribution < -0.4 is 4.72 Å². The molecule has 3 aromatic rings. The number of aromatic nitrogens is 3. The number of rotatable bonds is 5. The van der Waals surface area contributed by atoms with E-state index in [-0.39, 0.29) is 16.8 Å². The standard InChI is InChI=1S/C16H12BrF3N4O2S/c17-12-6-11(16(18,19)20)7-13(8-12)27(25,26)21-9-14-22-15(24-23-14)10-4-2-1-3-5-10/h1-8,21H,9H2,(H,22,23,24). The fourth-order valence-corrected chi connectivity index (χ4v) is 3.92. The number of sulfonamides is 1. The fraction of sp³-hybridized carbons (Fsp3) is 0.125. The minimum absolute atomic E-state index is 0.00345. The number of hydrogen-bond acceptors (Lipinski definition) is 4.